The van der Waals surface area contributed by atoms with Gasteiger partial charge >= 0.3 is 11.9 Å². The Morgan fingerprint density at radius 2 is 1.59 bits per heavy atom. The Morgan fingerprint density at radius 3 is 2.10 bits per heavy atom. The Hall–Kier alpha value is -4.05. The van der Waals surface area contributed by atoms with Crippen LogP contribution in [0.25, 0.3) is 22.3 Å². The van der Waals surface area contributed by atoms with E-state index in [2.05, 4.69) is 0 Å². The average Bonchev–Trinajstić information content (AvgIpc) is 2.66. The molecule has 6 N–H and O–H groups in total. The van der Waals surface area contributed by atoms with Crippen LogP contribution in [0.5, 0.6) is 17.2 Å². The Morgan fingerprint density at radius 1 is 0.966 bits per heavy atom. The zero-order chi connectivity index (χ0) is 21.7. The van der Waals surface area contributed by atoms with Crippen molar-refractivity contribution in [1.29, 1.82) is 0 Å². The average molecular weight is 404 g/mol. The van der Waals surface area contributed by atoms with Crippen LogP contribution in [0.4, 0.5) is 0 Å². The van der Waals surface area contributed by atoms with E-state index >= 15 is 0 Å². The Labute approximate surface area is 162 Å². The number of carbonyl (C=O) groups is 2. The molecule has 29 heavy (non-hydrogen) atoms. The maximum Gasteiger partial charge on any atom is 0.333 e. The monoisotopic (exact) mass is 404 g/mol. The van der Waals surface area contributed by atoms with Crippen molar-refractivity contribution in [2.24, 2.45) is 0 Å². The summed E-state index contributed by atoms with van der Waals surface area (Å²) in [4.78, 5) is 31.5. The van der Waals surface area contributed by atoms with Crippen LogP contribution in [0.2, 0.25) is 0 Å². The topological polar surface area (TPSA) is 186 Å². The lowest BCUT2D eigenvalue weighted by Crippen LogP contribution is -2.22. The SMILES string of the molecule is O=C(O)CC(O)C(=O)O.O=c1cc(-c2ccccc2)oc2cc(O)c(O)c(O)c12. The molecule has 0 aliphatic carbocycles. The Kier molecular flexibility index (Phi) is 6.42. The molecule has 0 bridgehead atoms. The summed E-state index contributed by atoms with van der Waals surface area (Å²) < 4.78 is 5.51. The number of aliphatic carboxylic acids is 2. The van der Waals surface area contributed by atoms with Crippen molar-refractivity contribution in [2.45, 2.75) is 12.5 Å². The van der Waals surface area contributed by atoms with Crippen molar-refractivity contribution in [1.82, 2.24) is 0 Å². The number of benzene rings is 2. The summed E-state index contributed by atoms with van der Waals surface area (Å²) >= 11 is 0. The number of phenols is 3. The molecule has 0 fully saturated rings. The second-order valence-corrected chi connectivity index (χ2v) is 5.76. The van der Waals surface area contributed by atoms with Gasteiger partial charge in [0.25, 0.3) is 0 Å². The highest BCUT2D eigenvalue weighted by atomic mass is 16.4. The van der Waals surface area contributed by atoms with E-state index in [-0.39, 0.29) is 11.0 Å². The van der Waals surface area contributed by atoms with E-state index in [1.54, 1.807) is 24.3 Å². The summed E-state index contributed by atoms with van der Waals surface area (Å²) in [6.45, 7) is 0. The van der Waals surface area contributed by atoms with Crippen molar-refractivity contribution >= 4 is 22.9 Å². The molecule has 10 nitrogen and oxygen atoms in total. The number of fused-ring (bicyclic) bond motifs is 1. The first-order valence-electron chi connectivity index (χ1n) is 8.01. The third-order valence-electron chi connectivity index (χ3n) is 3.66. The lowest BCUT2D eigenvalue weighted by molar-refractivity contribution is -0.152. The quantitative estimate of drug-likeness (QED) is 0.348. The van der Waals surface area contributed by atoms with E-state index in [4.69, 9.17) is 19.7 Å². The predicted molar refractivity (Wildman–Crippen MR) is 98.8 cm³/mol. The van der Waals surface area contributed by atoms with E-state index < -0.39 is 47.1 Å². The molecular weight excluding hydrogens is 388 g/mol. The van der Waals surface area contributed by atoms with E-state index in [1.807, 2.05) is 6.07 Å². The smallest absolute Gasteiger partial charge is 0.333 e. The van der Waals surface area contributed by atoms with Crippen LogP contribution in [-0.4, -0.2) is 48.7 Å². The Bertz CT molecular complexity index is 1100. The molecule has 0 saturated heterocycles. The second-order valence-electron chi connectivity index (χ2n) is 5.76. The van der Waals surface area contributed by atoms with Crippen LogP contribution in [0, 0.1) is 0 Å². The van der Waals surface area contributed by atoms with E-state index in [0.717, 1.165) is 6.07 Å². The van der Waals surface area contributed by atoms with Crippen LogP contribution in [0.1, 0.15) is 6.42 Å². The number of rotatable bonds is 4. The van der Waals surface area contributed by atoms with Crippen molar-refractivity contribution < 1.29 is 44.6 Å². The van der Waals surface area contributed by atoms with Crippen LogP contribution in [-0.2, 0) is 9.59 Å². The maximum absolute atomic E-state index is 12.0. The first-order chi connectivity index (χ1) is 13.6. The number of aromatic hydroxyl groups is 3. The van der Waals surface area contributed by atoms with Gasteiger partial charge in [-0.05, 0) is 0 Å². The molecule has 1 aromatic heterocycles. The van der Waals surface area contributed by atoms with Gasteiger partial charge in [-0.15, -0.1) is 0 Å². The molecule has 0 radical (unpaired) electrons. The molecule has 3 aromatic rings. The van der Waals surface area contributed by atoms with Crippen LogP contribution >= 0.6 is 0 Å². The minimum Gasteiger partial charge on any atom is -0.504 e. The van der Waals surface area contributed by atoms with E-state index in [0.29, 0.717) is 11.3 Å². The fourth-order valence-corrected chi connectivity index (χ4v) is 2.28. The molecule has 0 saturated carbocycles. The summed E-state index contributed by atoms with van der Waals surface area (Å²) in [7, 11) is 0. The number of aliphatic hydroxyl groups excluding tert-OH is 1. The molecule has 2 aromatic carbocycles. The highest BCUT2D eigenvalue weighted by Gasteiger charge is 2.17. The zero-order valence-electron chi connectivity index (χ0n) is 14.6. The fraction of sp³-hybridized carbons (Fsp3) is 0.105. The zero-order valence-corrected chi connectivity index (χ0v) is 14.6. The van der Waals surface area contributed by atoms with Gasteiger partial charge in [0.1, 0.15) is 16.7 Å². The minimum atomic E-state index is -1.79. The normalized spacial score (nSPS) is 11.3. The van der Waals surface area contributed by atoms with Gasteiger partial charge in [0.05, 0.1) is 6.42 Å². The largest absolute Gasteiger partial charge is 0.504 e. The summed E-state index contributed by atoms with van der Waals surface area (Å²) in [6.07, 6.45) is -2.54. The van der Waals surface area contributed by atoms with Crippen LogP contribution in [0.15, 0.2) is 51.7 Å². The number of carboxylic acid groups (broad SMARTS) is 2. The molecule has 1 atom stereocenters. The van der Waals surface area contributed by atoms with Gasteiger partial charge in [0, 0.05) is 17.7 Å². The van der Waals surface area contributed by atoms with Crippen molar-refractivity contribution in [3.05, 3.63) is 52.7 Å². The number of carboxylic acids is 2. The summed E-state index contributed by atoms with van der Waals surface area (Å²) in [5.41, 5.74) is 0.195. The van der Waals surface area contributed by atoms with Crippen LogP contribution in [0.3, 0.4) is 0 Å². The van der Waals surface area contributed by atoms with Gasteiger partial charge in [0.2, 0.25) is 5.75 Å². The molecule has 0 aliphatic rings. The highest BCUT2D eigenvalue weighted by Crippen LogP contribution is 2.40. The van der Waals surface area contributed by atoms with Gasteiger partial charge < -0.3 is 35.1 Å². The van der Waals surface area contributed by atoms with Gasteiger partial charge in [-0.25, -0.2) is 4.79 Å². The van der Waals surface area contributed by atoms with Crippen molar-refractivity contribution in [3.63, 3.8) is 0 Å². The van der Waals surface area contributed by atoms with Gasteiger partial charge in [-0.1, -0.05) is 30.3 Å². The maximum atomic E-state index is 12.0. The van der Waals surface area contributed by atoms with Gasteiger partial charge in [0.15, 0.2) is 23.0 Å². The molecule has 1 heterocycles. The molecule has 0 aliphatic heterocycles. The fourth-order valence-electron chi connectivity index (χ4n) is 2.28. The molecule has 3 rings (SSSR count). The lowest BCUT2D eigenvalue weighted by Gasteiger charge is -2.06. The van der Waals surface area contributed by atoms with Crippen molar-refractivity contribution in [2.75, 3.05) is 0 Å². The summed E-state index contributed by atoms with van der Waals surface area (Å²) in [6, 6.07) is 11.3. The molecule has 10 heteroatoms. The second kappa shape index (κ2) is 8.76. The first-order valence-corrected chi connectivity index (χ1v) is 8.01. The summed E-state index contributed by atoms with van der Waals surface area (Å²) in [5, 5.41) is 52.6. The third-order valence-corrected chi connectivity index (χ3v) is 3.66. The van der Waals surface area contributed by atoms with Crippen LogP contribution < -0.4 is 5.43 Å². The standard InChI is InChI=1S/C15H10O5.C4H6O5/c16-9-6-11(8-4-2-1-3-5-8)20-12-7-10(17)14(18)15(19)13(9)12;5-2(4(8)9)1-3(6)7/h1-7,17-19H;2,5H,1H2,(H,6,7)(H,8,9). The first kappa shape index (κ1) is 21.3. The molecule has 0 spiro atoms. The number of hydrogen-bond donors (Lipinski definition) is 6. The number of phenolic OH excluding ortho intramolecular Hbond substituents is 3. The van der Waals surface area contributed by atoms with E-state index in [9.17, 15) is 29.7 Å². The van der Waals surface area contributed by atoms with E-state index in [1.165, 1.54) is 6.07 Å². The summed E-state index contributed by atoms with van der Waals surface area (Å²) in [5.74, 6) is -4.51. The lowest BCUT2D eigenvalue weighted by atomic mass is 10.1. The third kappa shape index (κ3) is 5.02. The minimum absolute atomic E-state index is 0.00385. The number of aliphatic hydroxyl groups is 1. The molecule has 0 amide bonds. The molecule has 1 unspecified atom stereocenters. The molecular formula is C19H16O10. The highest BCUT2D eigenvalue weighted by molar-refractivity contribution is 5.89. The Balaban J connectivity index is 0.000000284. The van der Waals surface area contributed by atoms with Crippen molar-refractivity contribution in [3.8, 4) is 28.6 Å². The number of hydrogen-bond acceptors (Lipinski definition) is 8. The molecule has 152 valence electrons. The van der Waals surface area contributed by atoms with Gasteiger partial charge in [-0.3, -0.25) is 9.59 Å². The predicted octanol–water partition coefficient (Wildman–Crippen LogP) is 1.48. The van der Waals surface area contributed by atoms with Gasteiger partial charge in [-0.2, -0.15) is 0 Å².